The number of alkyl halides is 3. The molecule has 11 heteroatoms. The quantitative estimate of drug-likeness (QED) is 0.428. The minimum absolute atomic E-state index is 0.0844. The minimum Gasteiger partial charge on any atom is -0.513 e. The van der Waals surface area contributed by atoms with Crippen molar-refractivity contribution < 1.29 is 37.3 Å². The first kappa shape index (κ1) is 25.5. The van der Waals surface area contributed by atoms with Gasteiger partial charge in [-0.05, 0) is 32.1 Å². The molecule has 0 bridgehead atoms. The van der Waals surface area contributed by atoms with Crippen LogP contribution < -0.4 is 14.2 Å². The zero-order valence-corrected chi connectivity index (χ0v) is 19.5. The lowest BCUT2D eigenvalue weighted by molar-refractivity contribution is -0.137. The third-order valence-corrected chi connectivity index (χ3v) is 5.30. The van der Waals surface area contributed by atoms with Gasteiger partial charge in [-0.3, -0.25) is 0 Å². The maximum Gasteiger partial charge on any atom is 0.417 e. The summed E-state index contributed by atoms with van der Waals surface area (Å²) >= 11 is 6.35. The lowest BCUT2D eigenvalue weighted by Gasteiger charge is -2.21. The molecule has 1 atom stereocenters. The Hall–Kier alpha value is -3.14. The van der Waals surface area contributed by atoms with Gasteiger partial charge in [0, 0.05) is 36.7 Å². The molecule has 0 amide bonds. The third kappa shape index (κ3) is 6.47. The molecule has 0 fully saturated rings. The van der Waals surface area contributed by atoms with E-state index < -0.39 is 17.3 Å². The number of hydrogen-bond donors (Lipinski definition) is 1. The Morgan fingerprint density at radius 2 is 2.06 bits per heavy atom. The summed E-state index contributed by atoms with van der Waals surface area (Å²) in [5, 5.41) is 13.8. The molecule has 1 aromatic carbocycles. The summed E-state index contributed by atoms with van der Waals surface area (Å²) in [4.78, 5) is 9.35. The van der Waals surface area contributed by atoms with Gasteiger partial charge < -0.3 is 24.2 Å². The van der Waals surface area contributed by atoms with E-state index in [-0.39, 0.29) is 24.9 Å². The van der Waals surface area contributed by atoms with Gasteiger partial charge in [-0.2, -0.15) is 13.2 Å². The molecule has 2 heterocycles. The van der Waals surface area contributed by atoms with Crippen molar-refractivity contribution in [2.75, 3.05) is 20.3 Å². The molecule has 0 radical (unpaired) electrons. The highest BCUT2D eigenvalue weighted by molar-refractivity contribution is 6.33. The summed E-state index contributed by atoms with van der Waals surface area (Å²) in [5.41, 5.74) is -0.367. The van der Waals surface area contributed by atoms with E-state index in [0.717, 1.165) is 12.3 Å². The number of methoxy groups -OCH3 is 1. The van der Waals surface area contributed by atoms with E-state index >= 15 is 0 Å². The lowest BCUT2D eigenvalue weighted by Crippen LogP contribution is -2.27. The van der Waals surface area contributed by atoms with E-state index in [4.69, 9.17) is 30.6 Å². The highest BCUT2D eigenvalue weighted by atomic mass is 35.5. The Morgan fingerprint density at radius 1 is 1.29 bits per heavy atom. The van der Waals surface area contributed by atoms with Crippen molar-refractivity contribution in [3.8, 4) is 17.4 Å². The summed E-state index contributed by atoms with van der Waals surface area (Å²) in [6.07, 6.45) is -1.41. The van der Waals surface area contributed by atoms with Gasteiger partial charge in [-0.1, -0.05) is 16.8 Å². The van der Waals surface area contributed by atoms with E-state index in [9.17, 15) is 18.3 Å². The normalized spacial score (nSPS) is 18.3. The van der Waals surface area contributed by atoms with Gasteiger partial charge in [0.1, 0.15) is 23.7 Å². The molecule has 184 valence electrons. The number of allylic oxidation sites excluding steroid dienone is 1. The van der Waals surface area contributed by atoms with Crippen LogP contribution >= 0.6 is 11.6 Å². The number of halogens is 4. The SMILES string of the molecule is COc1c(Cl)cc(OC/C=C(/C)O)cc1C1=NOC(C)(CCOc2ccc(C(F)(F)F)cn2)C1. The number of nitrogens with zero attached hydrogens (tertiary/aromatic N) is 2. The van der Waals surface area contributed by atoms with Crippen molar-refractivity contribution in [1.82, 2.24) is 4.98 Å². The van der Waals surface area contributed by atoms with E-state index in [0.29, 0.717) is 40.6 Å². The number of benzene rings is 1. The number of rotatable bonds is 9. The summed E-state index contributed by atoms with van der Waals surface area (Å²) < 4.78 is 54.5. The number of hydrogen-bond acceptors (Lipinski definition) is 7. The summed E-state index contributed by atoms with van der Waals surface area (Å²) in [6, 6.07) is 5.42. The monoisotopic (exact) mass is 500 g/mol. The Morgan fingerprint density at radius 3 is 2.68 bits per heavy atom. The van der Waals surface area contributed by atoms with Gasteiger partial charge in [0.2, 0.25) is 5.88 Å². The molecular formula is C23H24ClF3N2O5. The second-order valence-electron chi connectivity index (χ2n) is 7.88. The molecule has 1 unspecified atom stereocenters. The molecule has 1 N–H and O–H groups in total. The zero-order chi connectivity index (χ0) is 24.9. The van der Waals surface area contributed by atoms with Crippen LogP contribution in [0.15, 0.2) is 47.5 Å². The van der Waals surface area contributed by atoms with Crippen molar-refractivity contribution in [3.63, 3.8) is 0 Å². The fraction of sp³-hybridized carbons (Fsp3) is 0.391. The lowest BCUT2D eigenvalue weighted by atomic mass is 9.93. The van der Waals surface area contributed by atoms with Crippen LogP contribution in [-0.4, -0.2) is 41.7 Å². The van der Waals surface area contributed by atoms with Crippen molar-refractivity contribution in [1.29, 1.82) is 0 Å². The largest absolute Gasteiger partial charge is 0.513 e. The average molecular weight is 501 g/mol. The smallest absolute Gasteiger partial charge is 0.417 e. The van der Waals surface area contributed by atoms with Gasteiger partial charge in [-0.25, -0.2) is 4.98 Å². The van der Waals surface area contributed by atoms with Crippen molar-refractivity contribution in [3.05, 3.63) is 58.4 Å². The molecular weight excluding hydrogens is 477 g/mol. The molecule has 1 aliphatic rings. The molecule has 2 aromatic rings. The van der Waals surface area contributed by atoms with E-state index in [1.807, 2.05) is 6.92 Å². The Kier molecular flexibility index (Phi) is 7.81. The van der Waals surface area contributed by atoms with Gasteiger partial charge in [0.25, 0.3) is 0 Å². The topological polar surface area (TPSA) is 82.4 Å². The van der Waals surface area contributed by atoms with Crippen LogP contribution in [0.3, 0.4) is 0 Å². The van der Waals surface area contributed by atoms with Gasteiger partial charge >= 0.3 is 6.18 Å². The molecule has 34 heavy (non-hydrogen) atoms. The molecule has 0 spiro atoms. The van der Waals surface area contributed by atoms with E-state index in [2.05, 4.69) is 10.1 Å². The summed E-state index contributed by atoms with van der Waals surface area (Å²) in [5.74, 6) is 1.10. The number of pyridine rings is 1. The Balaban J connectivity index is 1.64. The van der Waals surface area contributed by atoms with Gasteiger partial charge in [0.15, 0.2) is 0 Å². The van der Waals surface area contributed by atoms with Crippen molar-refractivity contribution in [2.45, 2.75) is 38.5 Å². The van der Waals surface area contributed by atoms with Crippen molar-refractivity contribution in [2.24, 2.45) is 5.16 Å². The number of ether oxygens (including phenoxy) is 3. The van der Waals surface area contributed by atoms with Crippen LogP contribution in [-0.2, 0) is 11.0 Å². The number of aliphatic hydroxyl groups excluding tert-OH is 1. The average Bonchev–Trinajstić information content (AvgIpc) is 3.15. The molecule has 1 aromatic heterocycles. The predicted octanol–water partition coefficient (Wildman–Crippen LogP) is 5.96. The van der Waals surface area contributed by atoms with Crippen LogP contribution in [0.2, 0.25) is 5.02 Å². The third-order valence-electron chi connectivity index (χ3n) is 5.02. The van der Waals surface area contributed by atoms with Gasteiger partial charge in [0.05, 0.1) is 35.8 Å². The predicted molar refractivity (Wildman–Crippen MR) is 120 cm³/mol. The summed E-state index contributed by atoms with van der Waals surface area (Å²) in [6.45, 7) is 3.70. The van der Waals surface area contributed by atoms with E-state index in [1.54, 1.807) is 19.1 Å². The molecule has 7 nitrogen and oxygen atoms in total. The van der Waals surface area contributed by atoms with Crippen LogP contribution in [0.25, 0.3) is 0 Å². The van der Waals surface area contributed by atoms with Crippen LogP contribution in [0.5, 0.6) is 17.4 Å². The maximum atomic E-state index is 12.7. The fourth-order valence-electron chi connectivity index (χ4n) is 3.20. The second-order valence-corrected chi connectivity index (χ2v) is 8.29. The highest BCUT2D eigenvalue weighted by Crippen LogP contribution is 2.38. The second kappa shape index (κ2) is 10.4. The molecule has 1 aliphatic heterocycles. The Labute approximate surface area is 199 Å². The number of aromatic nitrogens is 1. The first-order valence-corrected chi connectivity index (χ1v) is 10.7. The summed E-state index contributed by atoms with van der Waals surface area (Å²) in [7, 11) is 1.49. The molecule has 0 saturated carbocycles. The highest BCUT2D eigenvalue weighted by Gasteiger charge is 2.36. The maximum absolute atomic E-state index is 12.7. The van der Waals surface area contributed by atoms with Crippen LogP contribution in [0.1, 0.15) is 37.8 Å². The van der Waals surface area contributed by atoms with Crippen LogP contribution in [0, 0.1) is 0 Å². The van der Waals surface area contributed by atoms with Gasteiger partial charge in [-0.15, -0.1) is 0 Å². The molecule has 3 rings (SSSR count). The molecule has 0 aliphatic carbocycles. The van der Waals surface area contributed by atoms with Crippen LogP contribution in [0.4, 0.5) is 13.2 Å². The number of aliphatic hydroxyl groups is 1. The first-order chi connectivity index (χ1) is 16.0. The zero-order valence-electron chi connectivity index (χ0n) is 18.8. The number of oxime groups is 1. The first-order valence-electron chi connectivity index (χ1n) is 10.3. The standard InChI is InChI=1S/C23H24ClF3N2O5/c1-14(30)6-8-32-16-10-17(21(31-3)18(24)11-16)19-12-22(2,34-29-19)7-9-33-20-5-4-15(13-28-20)23(25,26)27/h4-6,10-11,13,30H,7-9,12H2,1-3H3/b14-6-. The molecule has 0 saturated heterocycles. The van der Waals surface area contributed by atoms with Crippen molar-refractivity contribution >= 4 is 17.3 Å². The minimum atomic E-state index is -4.45. The fourth-order valence-corrected chi connectivity index (χ4v) is 3.49. The van der Waals surface area contributed by atoms with E-state index in [1.165, 1.54) is 19.3 Å². The Bertz CT molecular complexity index is 1070.